The third kappa shape index (κ3) is 2.79. The van der Waals surface area contributed by atoms with Crippen LogP contribution in [0.25, 0.3) is 23.1 Å². The maximum atomic E-state index is 12.4. The Morgan fingerprint density at radius 1 is 1.04 bits per heavy atom. The zero-order valence-electron chi connectivity index (χ0n) is 12.4. The molecule has 0 atom stereocenters. The van der Waals surface area contributed by atoms with Crippen molar-refractivity contribution in [3.8, 4) is 0 Å². The van der Waals surface area contributed by atoms with Crippen molar-refractivity contribution in [3.05, 3.63) is 81.2 Å². The van der Waals surface area contributed by atoms with Crippen molar-refractivity contribution in [1.29, 1.82) is 0 Å². The molecular weight excluding hydrogens is 292 g/mol. The maximum Gasteiger partial charge on any atom is 0.339 e. The van der Waals surface area contributed by atoms with Crippen LogP contribution in [0.5, 0.6) is 0 Å². The molecular formula is C19H14O4. The summed E-state index contributed by atoms with van der Waals surface area (Å²) >= 11 is 0. The number of fused-ring (bicyclic) bond motifs is 1. The Morgan fingerprint density at radius 3 is 2.48 bits per heavy atom. The van der Waals surface area contributed by atoms with E-state index in [-0.39, 0.29) is 22.0 Å². The molecule has 1 aromatic heterocycles. The molecule has 0 radical (unpaired) electrons. The first-order valence-electron chi connectivity index (χ1n) is 7.11. The third-order valence-electron chi connectivity index (χ3n) is 3.64. The summed E-state index contributed by atoms with van der Waals surface area (Å²) in [4.78, 5) is 23.8. The van der Waals surface area contributed by atoms with E-state index in [0.717, 1.165) is 5.56 Å². The van der Waals surface area contributed by atoms with E-state index >= 15 is 0 Å². The lowest BCUT2D eigenvalue weighted by Gasteiger charge is -2.05. The van der Waals surface area contributed by atoms with Gasteiger partial charge in [0.2, 0.25) is 0 Å². The molecule has 0 saturated carbocycles. The number of carboxylic acids is 1. The van der Waals surface area contributed by atoms with Crippen molar-refractivity contribution in [1.82, 2.24) is 0 Å². The predicted octanol–water partition coefficient (Wildman–Crippen LogP) is 3.97. The van der Waals surface area contributed by atoms with Crippen LogP contribution in [-0.2, 0) is 0 Å². The second kappa shape index (κ2) is 5.93. The molecule has 4 heteroatoms. The average Bonchev–Trinajstić information content (AvgIpc) is 2.57. The lowest BCUT2D eigenvalue weighted by atomic mass is 10.1. The molecule has 0 aliphatic carbocycles. The molecule has 0 aliphatic heterocycles. The van der Waals surface area contributed by atoms with E-state index in [1.807, 2.05) is 36.4 Å². The Kier molecular flexibility index (Phi) is 3.81. The quantitative estimate of drug-likeness (QED) is 0.795. The summed E-state index contributed by atoms with van der Waals surface area (Å²) in [6.07, 6.45) is 3.50. The Labute approximate surface area is 132 Å². The van der Waals surface area contributed by atoms with Gasteiger partial charge in [0.05, 0.1) is 5.39 Å². The van der Waals surface area contributed by atoms with Crippen LogP contribution >= 0.6 is 0 Å². The van der Waals surface area contributed by atoms with Crippen LogP contribution in [0, 0.1) is 6.92 Å². The lowest BCUT2D eigenvalue weighted by molar-refractivity contribution is 0.0697. The van der Waals surface area contributed by atoms with Gasteiger partial charge in [0.1, 0.15) is 11.3 Å². The highest BCUT2D eigenvalue weighted by Gasteiger charge is 2.15. The largest absolute Gasteiger partial charge is 0.478 e. The van der Waals surface area contributed by atoms with Gasteiger partial charge < -0.3 is 9.52 Å². The van der Waals surface area contributed by atoms with Gasteiger partial charge in [-0.15, -0.1) is 0 Å². The number of carboxylic acid groups (broad SMARTS) is 1. The fourth-order valence-corrected chi connectivity index (χ4v) is 2.39. The predicted molar refractivity (Wildman–Crippen MR) is 89.6 cm³/mol. The summed E-state index contributed by atoms with van der Waals surface area (Å²) in [6, 6.07) is 14.1. The Bertz CT molecular complexity index is 966. The highest BCUT2D eigenvalue weighted by molar-refractivity contribution is 6.01. The van der Waals surface area contributed by atoms with Crippen LogP contribution in [0.4, 0.5) is 0 Å². The minimum atomic E-state index is -1.12. The summed E-state index contributed by atoms with van der Waals surface area (Å²) in [5.74, 6) is -0.763. The highest BCUT2D eigenvalue weighted by atomic mass is 16.4. The molecule has 1 heterocycles. The van der Waals surface area contributed by atoms with Crippen LogP contribution in [0.1, 0.15) is 27.2 Å². The molecule has 3 aromatic rings. The summed E-state index contributed by atoms with van der Waals surface area (Å²) in [5.41, 5.74) is 1.27. The third-order valence-corrected chi connectivity index (χ3v) is 3.64. The first-order valence-corrected chi connectivity index (χ1v) is 7.11. The van der Waals surface area contributed by atoms with Gasteiger partial charge in [-0.25, -0.2) is 4.79 Å². The molecule has 0 saturated heterocycles. The van der Waals surface area contributed by atoms with Gasteiger partial charge >= 0.3 is 5.97 Å². The number of aromatic carboxylic acids is 1. The van der Waals surface area contributed by atoms with Crippen LogP contribution in [0.3, 0.4) is 0 Å². The van der Waals surface area contributed by atoms with Gasteiger partial charge in [-0.05, 0) is 30.7 Å². The van der Waals surface area contributed by atoms with Crippen molar-refractivity contribution in [3.63, 3.8) is 0 Å². The number of hydrogen-bond acceptors (Lipinski definition) is 3. The Morgan fingerprint density at radius 2 is 1.78 bits per heavy atom. The van der Waals surface area contributed by atoms with Gasteiger partial charge in [-0.3, -0.25) is 4.79 Å². The van der Waals surface area contributed by atoms with E-state index in [9.17, 15) is 14.7 Å². The summed E-state index contributed by atoms with van der Waals surface area (Å²) in [7, 11) is 0. The number of rotatable bonds is 3. The molecule has 0 spiro atoms. The van der Waals surface area contributed by atoms with E-state index in [4.69, 9.17) is 4.42 Å². The average molecular weight is 306 g/mol. The van der Waals surface area contributed by atoms with Crippen molar-refractivity contribution < 1.29 is 14.3 Å². The summed E-state index contributed by atoms with van der Waals surface area (Å²) in [5, 5.41) is 9.54. The Balaban J connectivity index is 2.20. The summed E-state index contributed by atoms with van der Waals surface area (Å²) < 4.78 is 5.72. The number of hydrogen-bond donors (Lipinski definition) is 1. The molecule has 114 valence electrons. The van der Waals surface area contributed by atoms with Crippen molar-refractivity contribution >= 4 is 29.1 Å². The first kappa shape index (κ1) is 14.8. The lowest BCUT2D eigenvalue weighted by Crippen LogP contribution is -2.09. The van der Waals surface area contributed by atoms with Gasteiger partial charge in [0, 0.05) is 5.56 Å². The molecule has 4 nitrogen and oxygen atoms in total. The minimum Gasteiger partial charge on any atom is -0.478 e. The summed E-state index contributed by atoms with van der Waals surface area (Å²) in [6.45, 7) is 1.67. The Hall–Kier alpha value is -3.14. The second-order valence-corrected chi connectivity index (χ2v) is 5.15. The molecule has 0 amide bonds. The zero-order valence-corrected chi connectivity index (χ0v) is 12.4. The minimum absolute atomic E-state index is 0.0195. The fraction of sp³-hybridized carbons (Fsp3) is 0.0526. The normalized spacial score (nSPS) is 11.2. The molecule has 23 heavy (non-hydrogen) atoms. The van der Waals surface area contributed by atoms with Crippen LogP contribution in [-0.4, -0.2) is 11.1 Å². The first-order chi connectivity index (χ1) is 11.1. The van der Waals surface area contributed by atoms with E-state index < -0.39 is 5.97 Å². The number of benzene rings is 2. The van der Waals surface area contributed by atoms with E-state index in [1.165, 1.54) is 6.07 Å². The van der Waals surface area contributed by atoms with E-state index in [1.54, 1.807) is 25.1 Å². The van der Waals surface area contributed by atoms with Crippen molar-refractivity contribution in [2.45, 2.75) is 6.92 Å². The SMILES string of the molecule is Cc1c(C=Cc2ccccc2)oc2c(C(=O)O)cccc2c1=O. The van der Waals surface area contributed by atoms with Gasteiger partial charge in [-0.1, -0.05) is 42.5 Å². The second-order valence-electron chi connectivity index (χ2n) is 5.15. The van der Waals surface area contributed by atoms with Gasteiger partial charge in [-0.2, -0.15) is 0 Å². The molecule has 1 N–H and O–H groups in total. The monoisotopic (exact) mass is 306 g/mol. The highest BCUT2D eigenvalue weighted by Crippen LogP contribution is 2.21. The van der Waals surface area contributed by atoms with Crippen LogP contribution in [0.15, 0.2) is 57.7 Å². The van der Waals surface area contributed by atoms with Gasteiger partial charge in [0.25, 0.3) is 0 Å². The van der Waals surface area contributed by atoms with E-state index in [0.29, 0.717) is 11.3 Å². The van der Waals surface area contributed by atoms with Crippen molar-refractivity contribution in [2.75, 3.05) is 0 Å². The maximum absolute atomic E-state index is 12.4. The van der Waals surface area contributed by atoms with Crippen LogP contribution < -0.4 is 5.43 Å². The fourth-order valence-electron chi connectivity index (χ4n) is 2.39. The molecule has 3 rings (SSSR count). The standard InChI is InChI=1S/C19H14O4/c1-12-16(11-10-13-6-3-2-4-7-13)23-18-14(17(12)20)8-5-9-15(18)19(21)22/h2-11H,1H3,(H,21,22). The smallest absolute Gasteiger partial charge is 0.339 e. The van der Waals surface area contributed by atoms with Gasteiger partial charge in [0.15, 0.2) is 11.0 Å². The van der Waals surface area contributed by atoms with E-state index in [2.05, 4.69) is 0 Å². The molecule has 0 aliphatic rings. The van der Waals surface area contributed by atoms with Crippen molar-refractivity contribution in [2.24, 2.45) is 0 Å². The van der Waals surface area contributed by atoms with Crippen LogP contribution in [0.2, 0.25) is 0 Å². The number of para-hydroxylation sites is 1. The topological polar surface area (TPSA) is 67.5 Å². The molecule has 0 fully saturated rings. The number of carbonyl (C=O) groups is 1. The zero-order chi connectivity index (χ0) is 16.4. The molecule has 0 unspecified atom stereocenters. The molecule has 0 bridgehead atoms. The molecule has 2 aromatic carbocycles.